The third-order valence-corrected chi connectivity index (χ3v) is 6.87. The molecule has 0 spiro atoms. The van der Waals surface area contributed by atoms with E-state index >= 15 is 0 Å². The Morgan fingerprint density at radius 1 is 0.846 bits per heavy atom. The summed E-state index contributed by atoms with van der Waals surface area (Å²) in [4.78, 5) is 0. The lowest BCUT2D eigenvalue weighted by Crippen LogP contribution is -2.54. The molecule has 0 aromatic heterocycles. The second-order valence-corrected chi connectivity index (χ2v) is 9.20. The van der Waals surface area contributed by atoms with Crippen molar-refractivity contribution in [3.05, 3.63) is 70.7 Å². The standard InChI is InChI=1S/C22H26BClO2/c1-20(2)21(3,4)26-23(25-20)22(18-10-12-19(24)13-11-18)14-17(15-22)16-8-6-5-7-9-16/h5-13,17H,14-15H2,1-4H3. The number of hydrogen-bond acceptors (Lipinski definition) is 2. The van der Waals surface area contributed by atoms with E-state index in [0.29, 0.717) is 5.92 Å². The van der Waals surface area contributed by atoms with Gasteiger partial charge >= 0.3 is 7.12 Å². The van der Waals surface area contributed by atoms with E-state index in [1.54, 1.807) is 0 Å². The van der Waals surface area contributed by atoms with Gasteiger partial charge in [-0.2, -0.15) is 0 Å². The molecule has 1 heterocycles. The van der Waals surface area contributed by atoms with Gasteiger partial charge in [-0.1, -0.05) is 54.1 Å². The molecule has 0 amide bonds. The number of benzene rings is 2. The Morgan fingerprint density at radius 3 is 1.92 bits per heavy atom. The van der Waals surface area contributed by atoms with Crippen molar-refractivity contribution in [2.24, 2.45) is 0 Å². The number of hydrogen-bond donors (Lipinski definition) is 0. The minimum Gasteiger partial charge on any atom is -0.403 e. The van der Waals surface area contributed by atoms with Crippen molar-refractivity contribution in [2.45, 2.75) is 63.0 Å². The SMILES string of the molecule is CC1(C)OB(C2(c3ccc(Cl)cc3)CC(c3ccccc3)C2)OC1(C)C. The van der Waals surface area contributed by atoms with E-state index in [9.17, 15) is 0 Å². The molecule has 2 nitrogen and oxygen atoms in total. The maximum atomic E-state index is 6.48. The van der Waals surface area contributed by atoms with E-state index in [4.69, 9.17) is 20.9 Å². The van der Waals surface area contributed by atoms with E-state index in [0.717, 1.165) is 17.9 Å². The van der Waals surface area contributed by atoms with E-state index in [-0.39, 0.29) is 23.6 Å². The molecule has 2 aromatic carbocycles. The van der Waals surface area contributed by atoms with Gasteiger partial charge in [0.15, 0.2) is 0 Å². The zero-order valence-electron chi connectivity index (χ0n) is 16.0. The van der Waals surface area contributed by atoms with Gasteiger partial charge in [0.25, 0.3) is 0 Å². The summed E-state index contributed by atoms with van der Waals surface area (Å²) in [5.74, 6) is 0.533. The fourth-order valence-electron chi connectivity index (χ4n) is 4.20. The Labute approximate surface area is 162 Å². The van der Waals surface area contributed by atoms with Crippen LogP contribution < -0.4 is 0 Å². The zero-order valence-corrected chi connectivity index (χ0v) is 16.7. The summed E-state index contributed by atoms with van der Waals surface area (Å²) in [5, 5.41) is 0.632. The van der Waals surface area contributed by atoms with Gasteiger partial charge in [-0.15, -0.1) is 0 Å². The van der Waals surface area contributed by atoms with Crippen LogP contribution in [0.15, 0.2) is 54.6 Å². The molecule has 0 radical (unpaired) electrons. The van der Waals surface area contributed by atoms with E-state index in [2.05, 4.69) is 70.2 Å². The number of halogens is 1. The average Bonchev–Trinajstić information content (AvgIpc) is 2.77. The van der Waals surface area contributed by atoms with Gasteiger partial charge in [-0.05, 0) is 69.7 Å². The quantitative estimate of drug-likeness (QED) is 0.639. The molecule has 136 valence electrons. The molecule has 1 aliphatic carbocycles. The highest BCUT2D eigenvalue weighted by Gasteiger charge is 2.64. The highest BCUT2D eigenvalue weighted by atomic mass is 35.5. The monoisotopic (exact) mass is 368 g/mol. The summed E-state index contributed by atoms with van der Waals surface area (Å²) in [5.41, 5.74) is 2.00. The summed E-state index contributed by atoms with van der Waals surface area (Å²) in [6.45, 7) is 8.48. The van der Waals surface area contributed by atoms with Crippen molar-refractivity contribution < 1.29 is 9.31 Å². The van der Waals surface area contributed by atoms with Gasteiger partial charge in [0, 0.05) is 10.3 Å². The lowest BCUT2D eigenvalue weighted by atomic mass is 9.40. The molecule has 2 aromatic rings. The van der Waals surface area contributed by atoms with Crippen molar-refractivity contribution in [2.75, 3.05) is 0 Å². The fraction of sp³-hybridized carbons (Fsp3) is 0.455. The first-order chi connectivity index (χ1) is 12.2. The van der Waals surface area contributed by atoms with Crippen molar-refractivity contribution in [1.29, 1.82) is 0 Å². The van der Waals surface area contributed by atoms with Crippen LogP contribution in [0.1, 0.15) is 57.6 Å². The Balaban J connectivity index is 1.67. The topological polar surface area (TPSA) is 18.5 Å². The molecule has 4 heteroatoms. The predicted molar refractivity (Wildman–Crippen MR) is 108 cm³/mol. The minimum absolute atomic E-state index is 0.129. The summed E-state index contributed by atoms with van der Waals surface area (Å²) in [6, 6.07) is 19.0. The molecule has 2 aliphatic rings. The van der Waals surface area contributed by atoms with E-state index in [1.807, 2.05) is 12.1 Å². The Kier molecular flexibility index (Phi) is 4.26. The van der Waals surface area contributed by atoms with Crippen LogP contribution in [0.4, 0.5) is 0 Å². The first kappa shape index (κ1) is 18.1. The maximum absolute atomic E-state index is 6.48. The molecule has 1 aliphatic heterocycles. The molecule has 1 saturated carbocycles. The minimum atomic E-state index is -0.324. The van der Waals surface area contributed by atoms with Crippen molar-refractivity contribution >= 4 is 18.7 Å². The van der Waals surface area contributed by atoms with Crippen LogP contribution in [-0.2, 0) is 14.6 Å². The summed E-state index contributed by atoms with van der Waals surface area (Å²) >= 11 is 6.14. The van der Waals surface area contributed by atoms with Crippen LogP contribution in [-0.4, -0.2) is 18.3 Å². The Bertz CT molecular complexity index is 764. The molecule has 26 heavy (non-hydrogen) atoms. The molecule has 0 atom stereocenters. The maximum Gasteiger partial charge on any atom is 0.469 e. The van der Waals surface area contributed by atoms with Gasteiger partial charge in [0.1, 0.15) is 0 Å². The third kappa shape index (κ3) is 2.81. The second kappa shape index (κ2) is 6.12. The van der Waals surface area contributed by atoms with Gasteiger partial charge in [-0.3, -0.25) is 0 Å². The Morgan fingerprint density at radius 2 is 1.38 bits per heavy atom. The molecular weight excluding hydrogens is 343 g/mol. The summed E-state index contributed by atoms with van der Waals surface area (Å²) < 4.78 is 13.0. The zero-order chi connectivity index (χ0) is 18.6. The van der Waals surface area contributed by atoms with E-state index in [1.165, 1.54) is 11.1 Å². The van der Waals surface area contributed by atoms with Gasteiger partial charge in [0.2, 0.25) is 0 Å². The molecule has 4 rings (SSSR count). The molecule has 1 saturated heterocycles. The number of rotatable bonds is 3. The highest BCUT2D eigenvalue weighted by molar-refractivity contribution is 6.50. The van der Waals surface area contributed by atoms with Crippen molar-refractivity contribution in [3.63, 3.8) is 0 Å². The van der Waals surface area contributed by atoms with Gasteiger partial charge in [-0.25, -0.2) is 0 Å². The molecule has 0 bridgehead atoms. The van der Waals surface area contributed by atoms with Crippen LogP contribution in [0.25, 0.3) is 0 Å². The third-order valence-electron chi connectivity index (χ3n) is 6.62. The van der Waals surface area contributed by atoms with Crippen molar-refractivity contribution in [1.82, 2.24) is 0 Å². The van der Waals surface area contributed by atoms with Crippen LogP contribution in [0.5, 0.6) is 0 Å². The second-order valence-electron chi connectivity index (χ2n) is 8.77. The normalized spacial score (nSPS) is 29.4. The van der Waals surface area contributed by atoms with E-state index < -0.39 is 0 Å². The molecule has 0 N–H and O–H groups in total. The van der Waals surface area contributed by atoms with Crippen LogP contribution in [0.3, 0.4) is 0 Å². The highest BCUT2D eigenvalue weighted by Crippen LogP contribution is 2.57. The van der Waals surface area contributed by atoms with Gasteiger partial charge < -0.3 is 9.31 Å². The lowest BCUT2D eigenvalue weighted by Gasteiger charge is -2.49. The largest absolute Gasteiger partial charge is 0.469 e. The van der Waals surface area contributed by atoms with Crippen LogP contribution >= 0.6 is 11.6 Å². The smallest absolute Gasteiger partial charge is 0.403 e. The first-order valence-electron chi connectivity index (χ1n) is 9.40. The molecule has 0 unspecified atom stereocenters. The molecule has 2 fully saturated rings. The summed E-state index contributed by atoms with van der Waals surface area (Å²) in [7, 11) is -0.242. The molecular formula is C22H26BClO2. The van der Waals surface area contributed by atoms with Crippen LogP contribution in [0, 0.1) is 0 Å². The summed E-state index contributed by atoms with van der Waals surface area (Å²) in [6.07, 6.45) is 2.05. The van der Waals surface area contributed by atoms with Gasteiger partial charge in [0.05, 0.1) is 11.2 Å². The van der Waals surface area contributed by atoms with Crippen LogP contribution in [0.2, 0.25) is 5.02 Å². The fourth-order valence-corrected chi connectivity index (χ4v) is 4.32. The van der Waals surface area contributed by atoms with Crippen molar-refractivity contribution in [3.8, 4) is 0 Å². The Hall–Kier alpha value is -1.29. The predicted octanol–water partition coefficient (Wildman–Crippen LogP) is 5.79. The average molecular weight is 369 g/mol. The lowest BCUT2D eigenvalue weighted by molar-refractivity contribution is 0.00578. The first-order valence-corrected chi connectivity index (χ1v) is 9.78.